The van der Waals surface area contributed by atoms with Crippen LogP contribution in [0.5, 0.6) is 5.75 Å². The number of anilines is 1. The summed E-state index contributed by atoms with van der Waals surface area (Å²) >= 11 is 0. The molecule has 0 N–H and O–H groups in total. The topological polar surface area (TPSA) is 55.3 Å². The van der Waals surface area contributed by atoms with Gasteiger partial charge in [-0.2, -0.15) is 0 Å². The van der Waals surface area contributed by atoms with E-state index in [9.17, 15) is 4.79 Å². The highest BCUT2D eigenvalue weighted by molar-refractivity contribution is 6.09. The van der Waals surface area contributed by atoms with Gasteiger partial charge in [0.15, 0.2) is 0 Å². The second-order valence-electron chi connectivity index (χ2n) is 5.49. The van der Waals surface area contributed by atoms with Gasteiger partial charge in [0.2, 0.25) is 0 Å². The summed E-state index contributed by atoms with van der Waals surface area (Å²) in [6.07, 6.45) is 3.46. The van der Waals surface area contributed by atoms with Crippen LogP contribution in [0.25, 0.3) is 0 Å². The first-order chi connectivity index (χ1) is 11.8. The first kappa shape index (κ1) is 14.4. The number of amides is 1. The number of aromatic nitrogens is 2. The summed E-state index contributed by atoms with van der Waals surface area (Å²) in [5.74, 6) is 0.729. The molecule has 1 amide bonds. The van der Waals surface area contributed by atoms with Gasteiger partial charge in [-0.25, -0.2) is 0 Å². The maximum atomic E-state index is 12.4. The van der Waals surface area contributed by atoms with Crippen molar-refractivity contribution in [3.05, 3.63) is 83.9 Å². The lowest BCUT2D eigenvalue weighted by atomic mass is 10.2. The van der Waals surface area contributed by atoms with E-state index < -0.39 is 0 Å². The predicted octanol–water partition coefficient (Wildman–Crippen LogP) is 3.22. The Hall–Kier alpha value is -3.21. The van der Waals surface area contributed by atoms with Gasteiger partial charge in [0.1, 0.15) is 12.4 Å². The molecule has 0 unspecified atom stereocenters. The van der Waals surface area contributed by atoms with E-state index in [-0.39, 0.29) is 5.91 Å². The summed E-state index contributed by atoms with van der Waals surface area (Å²) in [5.41, 5.74) is 3.20. The van der Waals surface area contributed by atoms with E-state index in [1.807, 2.05) is 48.5 Å². The predicted molar refractivity (Wildman–Crippen MR) is 89.8 cm³/mol. The van der Waals surface area contributed by atoms with Crippen molar-refractivity contribution in [2.45, 2.75) is 13.2 Å². The molecule has 3 heterocycles. The smallest absolute Gasteiger partial charge is 0.260 e. The van der Waals surface area contributed by atoms with Crippen LogP contribution in [0.1, 0.15) is 21.7 Å². The van der Waals surface area contributed by atoms with Crippen LogP contribution in [0.15, 0.2) is 67.0 Å². The number of benzene rings is 1. The Morgan fingerprint density at radius 2 is 1.79 bits per heavy atom. The molecule has 0 bridgehead atoms. The molecule has 0 aliphatic carbocycles. The first-order valence-corrected chi connectivity index (χ1v) is 7.70. The van der Waals surface area contributed by atoms with E-state index in [0.717, 1.165) is 22.8 Å². The summed E-state index contributed by atoms with van der Waals surface area (Å²) in [6, 6.07) is 16.8. The van der Waals surface area contributed by atoms with Crippen LogP contribution < -0.4 is 9.64 Å². The van der Waals surface area contributed by atoms with E-state index in [0.29, 0.717) is 18.7 Å². The molecule has 0 saturated carbocycles. The molecule has 1 aliphatic heterocycles. The van der Waals surface area contributed by atoms with Crippen molar-refractivity contribution in [2.24, 2.45) is 0 Å². The lowest BCUT2D eigenvalue weighted by Crippen LogP contribution is -2.22. The fraction of sp³-hybridized carbons (Fsp3) is 0.105. The average Bonchev–Trinajstić information content (AvgIpc) is 2.98. The first-order valence-electron chi connectivity index (χ1n) is 7.70. The third-order valence-electron chi connectivity index (χ3n) is 3.93. The van der Waals surface area contributed by atoms with Crippen molar-refractivity contribution in [3.8, 4) is 5.75 Å². The van der Waals surface area contributed by atoms with Crippen LogP contribution in [-0.4, -0.2) is 15.9 Å². The molecular weight excluding hydrogens is 302 g/mol. The molecular formula is C19H15N3O2. The van der Waals surface area contributed by atoms with E-state index in [1.165, 1.54) is 0 Å². The number of hydrogen-bond acceptors (Lipinski definition) is 4. The molecule has 0 saturated heterocycles. The van der Waals surface area contributed by atoms with E-state index in [4.69, 9.17) is 4.74 Å². The minimum absolute atomic E-state index is 0.0137. The molecule has 0 fully saturated rings. The second kappa shape index (κ2) is 6.12. The van der Waals surface area contributed by atoms with E-state index in [1.54, 1.807) is 23.4 Å². The normalized spacial score (nSPS) is 13.0. The number of carbonyl (C=O) groups excluding carboxylic acids is 1. The highest BCUT2D eigenvalue weighted by Crippen LogP contribution is 2.28. The molecule has 4 rings (SSSR count). The number of fused-ring (bicyclic) bond motifs is 1. The zero-order chi connectivity index (χ0) is 16.4. The number of carbonyl (C=O) groups is 1. The minimum Gasteiger partial charge on any atom is -0.487 e. The Morgan fingerprint density at radius 1 is 0.958 bits per heavy atom. The van der Waals surface area contributed by atoms with Crippen molar-refractivity contribution in [2.75, 3.05) is 4.90 Å². The van der Waals surface area contributed by atoms with Crippen LogP contribution in [0.3, 0.4) is 0 Å². The molecule has 118 valence electrons. The molecule has 1 aliphatic rings. The Labute approximate surface area is 139 Å². The molecule has 0 atom stereocenters. The van der Waals surface area contributed by atoms with Gasteiger partial charge in [0, 0.05) is 18.1 Å². The highest BCUT2D eigenvalue weighted by atomic mass is 16.5. The van der Waals surface area contributed by atoms with Crippen molar-refractivity contribution >= 4 is 11.6 Å². The van der Waals surface area contributed by atoms with Crippen molar-refractivity contribution in [3.63, 3.8) is 0 Å². The van der Waals surface area contributed by atoms with E-state index >= 15 is 0 Å². The molecule has 3 aromatic rings. The van der Waals surface area contributed by atoms with Gasteiger partial charge in [0.25, 0.3) is 5.91 Å². The van der Waals surface area contributed by atoms with Gasteiger partial charge in [-0.1, -0.05) is 6.07 Å². The number of nitrogens with zero attached hydrogens (tertiary/aromatic N) is 3. The Kier molecular flexibility index (Phi) is 3.67. The quantitative estimate of drug-likeness (QED) is 0.741. The number of pyridine rings is 2. The fourth-order valence-electron chi connectivity index (χ4n) is 2.70. The molecule has 0 radical (unpaired) electrons. The lowest BCUT2D eigenvalue weighted by Gasteiger charge is -2.16. The maximum Gasteiger partial charge on any atom is 0.260 e. The highest BCUT2D eigenvalue weighted by Gasteiger charge is 2.29. The van der Waals surface area contributed by atoms with Crippen LogP contribution in [-0.2, 0) is 13.2 Å². The zero-order valence-corrected chi connectivity index (χ0v) is 12.9. The largest absolute Gasteiger partial charge is 0.487 e. The molecule has 24 heavy (non-hydrogen) atoms. The zero-order valence-electron chi connectivity index (χ0n) is 12.9. The van der Waals surface area contributed by atoms with E-state index in [2.05, 4.69) is 9.97 Å². The third-order valence-corrected chi connectivity index (χ3v) is 3.93. The van der Waals surface area contributed by atoms with Crippen LogP contribution in [0.2, 0.25) is 0 Å². The molecule has 1 aromatic carbocycles. The van der Waals surface area contributed by atoms with Crippen molar-refractivity contribution in [1.82, 2.24) is 9.97 Å². The summed E-state index contributed by atoms with van der Waals surface area (Å²) in [7, 11) is 0. The Morgan fingerprint density at radius 3 is 2.54 bits per heavy atom. The van der Waals surface area contributed by atoms with Crippen LogP contribution >= 0.6 is 0 Å². The van der Waals surface area contributed by atoms with Crippen LogP contribution in [0.4, 0.5) is 5.69 Å². The molecule has 5 heteroatoms. The number of rotatable bonds is 4. The maximum absolute atomic E-state index is 12.4. The van der Waals surface area contributed by atoms with Crippen LogP contribution in [0, 0.1) is 0 Å². The second-order valence-corrected chi connectivity index (χ2v) is 5.49. The summed E-state index contributed by atoms with van der Waals surface area (Å²) in [4.78, 5) is 22.7. The Balaban J connectivity index is 1.46. The molecule has 2 aromatic heterocycles. The molecule has 5 nitrogen and oxygen atoms in total. The Bertz CT molecular complexity index is 863. The SMILES string of the molecule is O=C1c2cccnc2CN1c1ccc(OCc2ccccn2)cc1. The monoisotopic (exact) mass is 317 g/mol. The summed E-state index contributed by atoms with van der Waals surface area (Å²) < 4.78 is 5.72. The van der Waals surface area contributed by atoms with Gasteiger partial charge < -0.3 is 9.64 Å². The third kappa shape index (κ3) is 2.72. The number of hydrogen-bond donors (Lipinski definition) is 0. The van der Waals surface area contributed by atoms with Crippen molar-refractivity contribution < 1.29 is 9.53 Å². The molecule has 0 spiro atoms. The lowest BCUT2D eigenvalue weighted by molar-refractivity contribution is 0.0996. The van der Waals surface area contributed by atoms with Gasteiger partial charge in [-0.15, -0.1) is 0 Å². The standard InChI is InChI=1S/C19H15N3O2/c23-19-17-5-3-11-21-18(17)12-22(19)15-6-8-16(9-7-15)24-13-14-4-1-2-10-20-14/h1-11H,12-13H2. The summed E-state index contributed by atoms with van der Waals surface area (Å²) in [6.45, 7) is 0.918. The fourth-order valence-corrected chi connectivity index (χ4v) is 2.70. The number of ether oxygens (including phenoxy) is 1. The minimum atomic E-state index is -0.0137. The van der Waals surface area contributed by atoms with Gasteiger partial charge in [-0.05, 0) is 48.5 Å². The van der Waals surface area contributed by atoms with Gasteiger partial charge >= 0.3 is 0 Å². The summed E-state index contributed by atoms with van der Waals surface area (Å²) in [5, 5.41) is 0. The van der Waals surface area contributed by atoms with Gasteiger partial charge in [-0.3, -0.25) is 14.8 Å². The van der Waals surface area contributed by atoms with Crippen molar-refractivity contribution in [1.29, 1.82) is 0 Å². The average molecular weight is 317 g/mol. The van der Waals surface area contributed by atoms with Gasteiger partial charge in [0.05, 0.1) is 23.5 Å².